The second kappa shape index (κ2) is 11.6. The van der Waals surface area contributed by atoms with E-state index in [1.165, 1.54) is 36.4 Å². The van der Waals surface area contributed by atoms with E-state index in [4.69, 9.17) is 4.74 Å². The molecule has 0 saturated carbocycles. The molecule has 40 heavy (non-hydrogen) atoms. The zero-order valence-corrected chi connectivity index (χ0v) is 23.3. The molecular formula is C33H26BrF3N2O. The van der Waals surface area contributed by atoms with Crippen molar-refractivity contribution in [1.29, 1.82) is 0 Å². The van der Waals surface area contributed by atoms with Gasteiger partial charge < -0.3 is 26.3 Å². The van der Waals surface area contributed by atoms with Gasteiger partial charge in [0.05, 0.1) is 5.52 Å². The number of pyridine rings is 1. The fourth-order valence-corrected chi connectivity index (χ4v) is 5.06. The zero-order chi connectivity index (χ0) is 26.9. The first-order valence-electron chi connectivity index (χ1n) is 12.8. The number of hydrogen-bond acceptors (Lipinski definition) is 1. The van der Waals surface area contributed by atoms with Crippen LogP contribution < -0.4 is 26.3 Å². The maximum atomic E-state index is 13.6. The summed E-state index contributed by atoms with van der Waals surface area (Å²) in [5.74, 6) is -0.108. The van der Waals surface area contributed by atoms with Crippen LogP contribution in [-0.4, -0.2) is 4.57 Å². The molecule has 0 spiro atoms. The van der Waals surface area contributed by atoms with Gasteiger partial charge in [0.2, 0.25) is 5.69 Å². The van der Waals surface area contributed by atoms with Crippen molar-refractivity contribution in [2.45, 2.75) is 26.6 Å². The van der Waals surface area contributed by atoms with Crippen LogP contribution in [0, 0.1) is 24.4 Å². The summed E-state index contributed by atoms with van der Waals surface area (Å²) in [7, 11) is 0. The third kappa shape index (κ3) is 5.61. The largest absolute Gasteiger partial charge is 1.00 e. The lowest BCUT2D eigenvalue weighted by atomic mass is 10.1. The molecule has 0 aliphatic rings. The van der Waals surface area contributed by atoms with Crippen molar-refractivity contribution in [2.75, 3.05) is 0 Å². The molecule has 0 amide bonds. The molecule has 4 aromatic carbocycles. The summed E-state index contributed by atoms with van der Waals surface area (Å²) < 4.78 is 50.9. The molecule has 6 aromatic rings. The minimum atomic E-state index is -0.280. The Bertz CT molecular complexity index is 1780. The van der Waals surface area contributed by atoms with Crippen LogP contribution in [0.5, 0.6) is 5.75 Å². The molecule has 2 heterocycles. The highest BCUT2D eigenvalue weighted by Crippen LogP contribution is 2.33. The Hall–Kier alpha value is -4.10. The lowest BCUT2D eigenvalue weighted by Crippen LogP contribution is -3.00. The summed E-state index contributed by atoms with van der Waals surface area (Å²) in [5.41, 5.74) is 5.97. The molecule has 2 aromatic heterocycles. The van der Waals surface area contributed by atoms with Crippen LogP contribution in [-0.2, 0) is 19.7 Å². The van der Waals surface area contributed by atoms with E-state index in [-0.39, 0.29) is 34.4 Å². The lowest BCUT2D eigenvalue weighted by molar-refractivity contribution is -0.693. The van der Waals surface area contributed by atoms with Crippen molar-refractivity contribution in [3.05, 3.63) is 143 Å². The third-order valence-corrected chi connectivity index (χ3v) is 7.11. The number of aryl methyl sites for hydroxylation is 1. The maximum absolute atomic E-state index is 13.6. The molecule has 0 radical (unpaired) electrons. The molecule has 0 aliphatic heterocycles. The molecule has 0 bridgehead atoms. The number of benzene rings is 4. The monoisotopic (exact) mass is 602 g/mol. The van der Waals surface area contributed by atoms with Crippen LogP contribution in [0.4, 0.5) is 13.2 Å². The number of fused-ring (bicyclic) bond motifs is 3. The number of ether oxygens (including phenoxy) is 1. The predicted octanol–water partition coefficient (Wildman–Crippen LogP) is 4.49. The van der Waals surface area contributed by atoms with Gasteiger partial charge in [-0.15, -0.1) is 0 Å². The van der Waals surface area contributed by atoms with Crippen LogP contribution in [0.1, 0.15) is 22.4 Å². The van der Waals surface area contributed by atoms with Gasteiger partial charge in [-0.3, -0.25) is 0 Å². The summed E-state index contributed by atoms with van der Waals surface area (Å²) in [4.78, 5) is 0. The number of aromatic nitrogens is 2. The van der Waals surface area contributed by atoms with Crippen molar-refractivity contribution >= 4 is 21.8 Å². The van der Waals surface area contributed by atoms with Gasteiger partial charge in [-0.2, -0.15) is 4.57 Å². The van der Waals surface area contributed by atoms with Gasteiger partial charge in [0, 0.05) is 41.9 Å². The molecule has 0 atom stereocenters. The quantitative estimate of drug-likeness (QED) is 0.246. The van der Waals surface area contributed by atoms with Gasteiger partial charge in [-0.1, -0.05) is 24.3 Å². The highest BCUT2D eigenvalue weighted by molar-refractivity contribution is 6.08. The van der Waals surface area contributed by atoms with Crippen LogP contribution in [0.2, 0.25) is 0 Å². The molecule has 0 saturated heterocycles. The van der Waals surface area contributed by atoms with E-state index >= 15 is 0 Å². The third-order valence-electron chi connectivity index (χ3n) is 7.11. The molecule has 0 aliphatic carbocycles. The molecular weight excluding hydrogens is 577 g/mol. The first-order valence-corrected chi connectivity index (χ1v) is 12.8. The van der Waals surface area contributed by atoms with E-state index in [0.29, 0.717) is 25.4 Å². The minimum Gasteiger partial charge on any atom is -1.00 e. The van der Waals surface area contributed by atoms with Gasteiger partial charge in [0.1, 0.15) is 35.3 Å². The van der Waals surface area contributed by atoms with Crippen molar-refractivity contribution in [1.82, 2.24) is 4.57 Å². The van der Waals surface area contributed by atoms with Gasteiger partial charge in [0.25, 0.3) is 0 Å². The highest BCUT2D eigenvalue weighted by Gasteiger charge is 2.20. The maximum Gasteiger partial charge on any atom is 0.203 e. The number of hydrogen-bond donors (Lipinski definition) is 0. The van der Waals surface area contributed by atoms with E-state index < -0.39 is 0 Å². The van der Waals surface area contributed by atoms with Gasteiger partial charge in [-0.25, -0.2) is 13.2 Å². The average Bonchev–Trinajstić information content (AvgIpc) is 3.25. The second-order valence-electron chi connectivity index (χ2n) is 9.72. The molecule has 0 fully saturated rings. The van der Waals surface area contributed by atoms with E-state index in [1.54, 1.807) is 36.4 Å². The Morgan fingerprint density at radius 1 is 0.675 bits per heavy atom. The minimum absolute atomic E-state index is 0. The molecule has 7 heteroatoms. The zero-order valence-electron chi connectivity index (χ0n) is 21.8. The fourth-order valence-electron chi connectivity index (χ4n) is 5.06. The van der Waals surface area contributed by atoms with E-state index in [2.05, 4.69) is 34.4 Å². The van der Waals surface area contributed by atoms with Crippen molar-refractivity contribution in [3.8, 4) is 5.75 Å². The SMILES string of the molecule is Cc1c2c(cc[n+]1Cc1ccc(F)cc1)c1ccc(OCc3ccc(F)cc3)cc1n2Cc1ccc(F)cc1.[Br-]. The number of halogens is 4. The summed E-state index contributed by atoms with van der Waals surface area (Å²) in [6.07, 6.45) is 2.06. The Morgan fingerprint density at radius 2 is 1.25 bits per heavy atom. The van der Waals surface area contributed by atoms with Crippen LogP contribution >= 0.6 is 0 Å². The topological polar surface area (TPSA) is 18.0 Å². The number of nitrogens with zero attached hydrogens (tertiary/aromatic N) is 2. The molecule has 6 rings (SSSR count). The summed E-state index contributed by atoms with van der Waals surface area (Å²) in [5, 5.41) is 2.18. The van der Waals surface area contributed by atoms with Gasteiger partial charge in [-0.05, 0) is 71.8 Å². The lowest BCUT2D eigenvalue weighted by Gasteiger charge is -2.11. The number of rotatable bonds is 7. The smallest absolute Gasteiger partial charge is 0.203 e. The highest BCUT2D eigenvalue weighted by atomic mass is 79.9. The fraction of sp³-hybridized carbons (Fsp3) is 0.121. The Morgan fingerprint density at radius 3 is 1.88 bits per heavy atom. The summed E-state index contributed by atoms with van der Waals surface area (Å²) in [6.45, 7) is 3.55. The van der Waals surface area contributed by atoms with E-state index in [1.807, 2.05) is 12.1 Å². The average molecular weight is 603 g/mol. The van der Waals surface area contributed by atoms with Crippen LogP contribution in [0.25, 0.3) is 21.8 Å². The first kappa shape index (κ1) is 27.5. The Kier molecular flexibility index (Phi) is 7.94. The van der Waals surface area contributed by atoms with Gasteiger partial charge in [0.15, 0.2) is 12.7 Å². The molecule has 0 N–H and O–H groups in total. The van der Waals surface area contributed by atoms with Crippen LogP contribution in [0.3, 0.4) is 0 Å². The van der Waals surface area contributed by atoms with E-state index in [0.717, 1.165) is 44.2 Å². The summed E-state index contributed by atoms with van der Waals surface area (Å²) in [6, 6.07) is 27.5. The van der Waals surface area contributed by atoms with Crippen molar-refractivity contribution < 1.29 is 39.5 Å². The van der Waals surface area contributed by atoms with Crippen molar-refractivity contribution in [2.24, 2.45) is 0 Å². The Balaban J connectivity index is 0.00000323. The molecule has 202 valence electrons. The second-order valence-corrected chi connectivity index (χ2v) is 9.72. The predicted molar refractivity (Wildman–Crippen MR) is 146 cm³/mol. The van der Waals surface area contributed by atoms with Crippen LogP contribution in [0.15, 0.2) is 103 Å². The Labute approximate surface area is 240 Å². The van der Waals surface area contributed by atoms with Crippen molar-refractivity contribution in [3.63, 3.8) is 0 Å². The molecule has 3 nitrogen and oxygen atoms in total. The van der Waals surface area contributed by atoms with Gasteiger partial charge >= 0.3 is 0 Å². The summed E-state index contributed by atoms with van der Waals surface area (Å²) >= 11 is 0. The molecule has 0 unspecified atom stereocenters. The normalized spacial score (nSPS) is 11.1. The standard InChI is InChI=1S/C33H26F3N2O.BrH/c1-22-33-31(16-17-37(22)19-23-2-8-26(34)9-3-23)30-15-14-29(39-21-25-6-12-28(36)13-7-25)18-32(30)38(33)20-24-4-10-27(35)11-5-24;/h2-18H,19-21H2,1H3;1H/q+1;/p-1. The van der Waals surface area contributed by atoms with E-state index in [9.17, 15) is 13.2 Å². The first-order chi connectivity index (χ1) is 18.9.